The Kier molecular flexibility index (Phi) is 0.296. The number of rotatable bonds is 0. The van der Waals surface area contributed by atoms with Crippen molar-refractivity contribution in [2.45, 2.75) is 19.3 Å². The van der Waals surface area contributed by atoms with Crippen LogP contribution in [0.3, 0.4) is 0 Å². The lowest BCUT2D eigenvalue weighted by molar-refractivity contribution is 0.270. The fraction of sp³-hybridized carbons (Fsp3) is 1.00. The van der Waals surface area contributed by atoms with Crippen LogP contribution < -0.4 is 0 Å². The first-order valence-corrected chi connectivity index (χ1v) is 3.47. The van der Waals surface area contributed by atoms with E-state index in [0.29, 0.717) is 0 Å². The van der Waals surface area contributed by atoms with E-state index in [0.717, 1.165) is 0 Å². The van der Waals surface area contributed by atoms with Crippen molar-refractivity contribution in [3.8, 4) is 0 Å². The quantitative estimate of drug-likeness (QED) is 0.428. The molecule has 0 spiro atoms. The molecule has 0 heterocycles. The van der Waals surface area contributed by atoms with E-state index in [4.69, 9.17) is 0 Å². The van der Waals surface area contributed by atoms with Crippen LogP contribution in [0.5, 0.6) is 0 Å². The van der Waals surface area contributed by atoms with E-state index in [1.54, 1.807) is 19.3 Å². The summed E-state index contributed by atoms with van der Waals surface area (Å²) >= 11 is 0. The van der Waals surface area contributed by atoms with Crippen molar-refractivity contribution >= 4 is 0 Å². The van der Waals surface area contributed by atoms with Gasteiger partial charge in [0.1, 0.15) is 0 Å². The number of fused-ring (bicyclic) bond motifs is 1. The Hall–Kier alpha value is 0. The lowest BCUT2D eigenvalue weighted by Crippen LogP contribution is -2.14. The Balaban J connectivity index is 2.07. The highest BCUT2D eigenvalue weighted by atomic mass is 14.7. The predicted molar refractivity (Wildman–Crippen MR) is 27.8 cm³/mol. The van der Waals surface area contributed by atoms with Gasteiger partial charge in [0.25, 0.3) is 0 Å². The van der Waals surface area contributed by atoms with Gasteiger partial charge in [0.15, 0.2) is 0 Å². The van der Waals surface area contributed by atoms with Gasteiger partial charge in [-0.3, -0.25) is 0 Å². The third kappa shape index (κ3) is 0.181. The summed E-state index contributed by atoms with van der Waals surface area (Å²) in [5.41, 5.74) is 0. The zero-order valence-corrected chi connectivity index (χ0v) is 4.43. The normalized spacial score (nSPS) is 72.0. The average Bonchev–Trinajstić information content (AvgIpc) is 2.02. The van der Waals surface area contributed by atoms with Gasteiger partial charge in [-0.05, 0) is 42.9 Å². The third-order valence-corrected chi connectivity index (χ3v) is 3.39. The van der Waals surface area contributed by atoms with Gasteiger partial charge in [-0.2, -0.15) is 0 Å². The van der Waals surface area contributed by atoms with E-state index < -0.39 is 0 Å². The largest absolute Gasteiger partial charge is 0.0499 e. The predicted octanol–water partition coefficient (Wildman–Crippen LogP) is 1.66. The van der Waals surface area contributed by atoms with Crippen LogP contribution in [0.25, 0.3) is 0 Å². The first-order chi connectivity index (χ1) is 3.47. The molecule has 3 aliphatic carbocycles. The van der Waals surface area contributed by atoms with Gasteiger partial charge in [0.05, 0.1) is 0 Å². The van der Waals surface area contributed by atoms with E-state index in [1.165, 1.54) is 23.7 Å². The fourth-order valence-corrected chi connectivity index (χ4v) is 2.94. The lowest BCUT2D eigenvalue weighted by Gasteiger charge is -2.23. The molecule has 38 valence electrons. The summed E-state index contributed by atoms with van der Waals surface area (Å²) < 4.78 is 0. The molecule has 3 fully saturated rings. The van der Waals surface area contributed by atoms with Crippen LogP contribution in [0.2, 0.25) is 0 Å². The van der Waals surface area contributed by atoms with E-state index in [9.17, 15) is 0 Å². The maximum atomic E-state index is 1.62. The van der Waals surface area contributed by atoms with E-state index >= 15 is 0 Å². The third-order valence-electron chi connectivity index (χ3n) is 3.39. The van der Waals surface area contributed by atoms with Crippen LogP contribution in [0.4, 0.5) is 0 Å². The van der Waals surface area contributed by atoms with Gasteiger partial charge in [-0.25, -0.2) is 0 Å². The van der Waals surface area contributed by atoms with Gasteiger partial charge in [0.2, 0.25) is 0 Å². The number of hydrogen-bond acceptors (Lipinski definition) is 0. The summed E-state index contributed by atoms with van der Waals surface area (Å²) in [7, 11) is 0. The summed E-state index contributed by atoms with van der Waals surface area (Å²) in [6, 6.07) is 0. The minimum atomic E-state index is 1.23. The second kappa shape index (κ2) is 0.667. The molecule has 0 heteroatoms. The first kappa shape index (κ1) is 3.11. The van der Waals surface area contributed by atoms with Crippen LogP contribution >= 0.6 is 0 Å². The second-order valence-electron chi connectivity index (χ2n) is 3.48. The van der Waals surface area contributed by atoms with Gasteiger partial charge >= 0.3 is 0 Å². The van der Waals surface area contributed by atoms with Crippen LogP contribution in [0.1, 0.15) is 19.3 Å². The van der Waals surface area contributed by atoms with Gasteiger partial charge < -0.3 is 0 Å². The standard InChI is InChI=1S/C7H10/c1-2-5-6-3-4(1)7(5)6/h4-7H,1-3H2/t4-,5+,6-,7+/m1/s1. The maximum Gasteiger partial charge on any atom is -0.0323 e. The van der Waals surface area contributed by atoms with Crippen molar-refractivity contribution in [1.29, 1.82) is 0 Å². The molecule has 0 radical (unpaired) electrons. The zero-order valence-electron chi connectivity index (χ0n) is 4.43. The van der Waals surface area contributed by atoms with E-state index in [1.807, 2.05) is 0 Å². The SMILES string of the molecule is C1C[C@H]2[C@H]3C[C@@H]1[C@H]32. The molecule has 0 aromatic heterocycles. The molecule has 4 atom stereocenters. The number of hydrogen-bond donors (Lipinski definition) is 0. The molecule has 0 aromatic carbocycles. The second-order valence-corrected chi connectivity index (χ2v) is 3.48. The summed E-state index contributed by atoms with van der Waals surface area (Å²) in [5, 5.41) is 0. The van der Waals surface area contributed by atoms with Crippen molar-refractivity contribution in [2.75, 3.05) is 0 Å². The topological polar surface area (TPSA) is 0 Å². The van der Waals surface area contributed by atoms with E-state index in [-0.39, 0.29) is 0 Å². The smallest absolute Gasteiger partial charge is 0.0323 e. The summed E-state index contributed by atoms with van der Waals surface area (Å²) in [4.78, 5) is 0. The minimum Gasteiger partial charge on any atom is -0.0499 e. The molecule has 3 saturated carbocycles. The summed E-state index contributed by atoms with van der Waals surface area (Å²) in [6.07, 6.45) is 4.81. The molecule has 0 saturated heterocycles. The van der Waals surface area contributed by atoms with Crippen LogP contribution in [-0.2, 0) is 0 Å². The molecule has 3 rings (SSSR count). The Morgan fingerprint density at radius 2 is 2.00 bits per heavy atom. The molecule has 0 aliphatic heterocycles. The first-order valence-electron chi connectivity index (χ1n) is 3.47. The maximum absolute atomic E-state index is 1.62. The molecule has 0 nitrogen and oxygen atoms in total. The Bertz CT molecular complexity index is 104. The minimum absolute atomic E-state index is 1.23. The molecule has 3 aliphatic rings. The Morgan fingerprint density at radius 3 is 2.14 bits per heavy atom. The monoisotopic (exact) mass is 94.1 g/mol. The van der Waals surface area contributed by atoms with Gasteiger partial charge in [-0.15, -0.1) is 0 Å². The van der Waals surface area contributed by atoms with Crippen LogP contribution in [-0.4, -0.2) is 0 Å². The summed E-state index contributed by atoms with van der Waals surface area (Å²) in [6.45, 7) is 0. The van der Waals surface area contributed by atoms with Crippen molar-refractivity contribution < 1.29 is 0 Å². The zero-order chi connectivity index (χ0) is 4.43. The van der Waals surface area contributed by atoms with Crippen molar-refractivity contribution in [2.24, 2.45) is 23.7 Å². The van der Waals surface area contributed by atoms with Gasteiger partial charge in [-0.1, -0.05) is 0 Å². The molecule has 7 heavy (non-hydrogen) atoms. The molecule has 0 unspecified atom stereocenters. The summed E-state index contributed by atoms with van der Waals surface area (Å²) in [5.74, 6) is 5.03. The van der Waals surface area contributed by atoms with Crippen molar-refractivity contribution in [1.82, 2.24) is 0 Å². The molecule has 0 bridgehead atoms. The van der Waals surface area contributed by atoms with Crippen molar-refractivity contribution in [3.05, 3.63) is 0 Å². The lowest BCUT2D eigenvalue weighted by atomic mass is 9.82. The van der Waals surface area contributed by atoms with Crippen LogP contribution in [0.15, 0.2) is 0 Å². The molecule has 0 N–H and O–H groups in total. The average molecular weight is 94.2 g/mol. The molecular formula is C7H10. The highest BCUT2D eigenvalue weighted by Gasteiger charge is 2.65. The molecule has 0 aromatic rings. The fourth-order valence-electron chi connectivity index (χ4n) is 2.94. The molecule has 0 amide bonds. The van der Waals surface area contributed by atoms with Crippen LogP contribution in [0, 0.1) is 23.7 Å². The Labute approximate surface area is 43.9 Å². The highest BCUT2D eigenvalue weighted by molar-refractivity contribution is 5.14. The van der Waals surface area contributed by atoms with Crippen molar-refractivity contribution in [3.63, 3.8) is 0 Å². The molecular weight excluding hydrogens is 84.1 g/mol. The van der Waals surface area contributed by atoms with E-state index in [2.05, 4.69) is 0 Å². The highest BCUT2D eigenvalue weighted by Crippen LogP contribution is 2.72. The Morgan fingerprint density at radius 1 is 1.00 bits per heavy atom. The van der Waals surface area contributed by atoms with Gasteiger partial charge in [0, 0.05) is 0 Å².